The van der Waals surface area contributed by atoms with E-state index in [1.54, 1.807) is 24.4 Å². The van der Waals surface area contributed by atoms with Gasteiger partial charge in [-0.25, -0.2) is 4.79 Å². The molecule has 0 saturated heterocycles. The summed E-state index contributed by atoms with van der Waals surface area (Å²) in [6, 6.07) is 5.32. The Kier molecular flexibility index (Phi) is 4.80. The quantitative estimate of drug-likeness (QED) is 0.875. The average Bonchev–Trinajstić information content (AvgIpc) is 2.60. The second-order valence-corrected chi connectivity index (χ2v) is 5.71. The summed E-state index contributed by atoms with van der Waals surface area (Å²) in [5, 5.41) is 2.92. The third kappa shape index (κ3) is 3.83. The van der Waals surface area contributed by atoms with Crippen LogP contribution in [0, 0.1) is 0 Å². The normalized spacial score (nSPS) is 15.3. The smallest absolute Gasteiger partial charge is 0.340 e. The molecule has 6 nitrogen and oxygen atoms in total. The van der Waals surface area contributed by atoms with Crippen molar-refractivity contribution in [1.29, 1.82) is 0 Å². The van der Waals surface area contributed by atoms with Crippen molar-refractivity contribution in [3.8, 4) is 0 Å². The SMILES string of the molecule is O=C(COC(=O)c1cccc2nccnc12)NC1CCCCC1. The number of nitrogens with one attached hydrogen (secondary N) is 1. The minimum absolute atomic E-state index is 0.207. The Bertz CT molecular complexity index is 706. The molecule has 1 saturated carbocycles. The summed E-state index contributed by atoms with van der Waals surface area (Å²) in [7, 11) is 0. The summed E-state index contributed by atoms with van der Waals surface area (Å²) in [6.07, 6.45) is 8.59. The van der Waals surface area contributed by atoms with Gasteiger partial charge in [0.2, 0.25) is 0 Å². The van der Waals surface area contributed by atoms with Crippen molar-refractivity contribution in [1.82, 2.24) is 15.3 Å². The minimum atomic E-state index is -0.560. The van der Waals surface area contributed by atoms with E-state index in [9.17, 15) is 9.59 Å². The van der Waals surface area contributed by atoms with Crippen LogP contribution < -0.4 is 5.32 Å². The molecule has 1 N–H and O–H groups in total. The van der Waals surface area contributed by atoms with Crippen molar-refractivity contribution in [2.24, 2.45) is 0 Å². The molecule has 1 aliphatic carbocycles. The number of rotatable bonds is 4. The zero-order valence-electron chi connectivity index (χ0n) is 12.8. The van der Waals surface area contributed by atoms with Gasteiger partial charge in [-0.05, 0) is 25.0 Å². The van der Waals surface area contributed by atoms with Crippen LogP contribution >= 0.6 is 0 Å². The summed E-state index contributed by atoms with van der Waals surface area (Å²) < 4.78 is 5.12. The Morgan fingerprint density at radius 2 is 1.91 bits per heavy atom. The molecule has 1 aromatic carbocycles. The van der Waals surface area contributed by atoms with Gasteiger partial charge < -0.3 is 10.1 Å². The Morgan fingerprint density at radius 3 is 2.74 bits per heavy atom. The van der Waals surface area contributed by atoms with Crippen molar-refractivity contribution >= 4 is 22.9 Å². The number of ether oxygens (including phenoxy) is 1. The maximum absolute atomic E-state index is 12.2. The molecule has 23 heavy (non-hydrogen) atoms. The van der Waals surface area contributed by atoms with Crippen LogP contribution in [0.2, 0.25) is 0 Å². The summed E-state index contributed by atoms with van der Waals surface area (Å²) in [5.41, 5.74) is 1.42. The molecule has 0 radical (unpaired) electrons. The van der Waals surface area contributed by atoms with E-state index in [1.165, 1.54) is 12.6 Å². The number of aromatic nitrogens is 2. The zero-order valence-corrected chi connectivity index (χ0v) is 12.8. The molecule has 0 atom stereocenters. The summed E-state index contributed by atoms with van der Waals surface area (Å²) >= 11 is 0. The molecule has 1 fully saturated rings. The molecule has 0 aliphatic heterocycles. The van der Waals surface area contributed by atoms with E-state index in [2.05, 4.69) is 15.3 Å². The molecule has 0 bridgehead atoms. The van der Waals surface area contributed by atoms with Gasteiger partial charge in [-0.2, -0.15) is 0 Å². The van der Waals surface area contributed by atoms with Gasteiger partial charge in [0.1, 0.15) is 5.52 Å². The molecule has 3 rings (SSSR count). The van der Waals surface area contributed by atoms with Crippen molar-refractivity contribution in [2.75, 3.05) is 6.61 Å². The summed E-state index contributed by atoms with van der Waals surface area (Å²) in [6.45, 7) is -0.272. The number of hydrogen-bond acceptors (Lipinski definition) is 5. The van der Waals surface area contributed by atoms with Crippen molar-refractivity contribution in [2.45, 2.75) is 38.1 Å². The lowest BCUT2D eigenvalue weighted by atomic mass is 9.95. The van der Waals surface area contributed by atoms with Gasteiger partial charge in [-0.15, -0.1) is 0 Å². The number of carbonyl (C=O) groups is 2. The van der Waals surface area contributed by atoms with Gasteiger partial charge in [0.15, 0.2) is 6.61 Å². The van der Waals surface area contributed by atoms with Gasteiger partial charge in [-0.3, -0.25) is 14.8 Å². The summed E-state index contributed by atoms with van der Waals surface area (Å²) in [5.74, 6) is -0.813. The predicted octanol–water partition coefficient (Wildman–Crippen LogP) is 2.24. The number of carbonyl (C=O) groups excluding carboxylic acids is 2. The fraction of sp³-hybridized carbons (Fsp3) is 0.412. The molecular weight excluding hydrogens is 294 g/mol. The molecule has 0 unspecified atom stereocenters. The third-order valence-corrected chi connectivity index (χ3v) is 4.02. The van der Waals surface area contributed by atoms with Crippen LogP contribution in [-0.4, -0.2) is 34.5 Å². The molecule has 120 valence electrons. The second-order valence-electron chi connectivity index (χ2n) is 5.71. The third-order valence-electron chi connectivity index (χ3n) is 4.02. The van der Waals surface area contributed by atoms with Crippen molar-refractivity contribution in [3.63, 3.8) is 0 Å². The van der Waals surface area contributed by atoms with E-state index in [-0.39, 0.29) is 18.6 Å². The molecule has 6 heteroatoms. The first kappa shape index (κ1) is 15.4. The highest BCUT2D eigenvalue weighted by Gasteiger charge is 2.18. The Morgan fingerprint density at radius 1 is 1.13 bits per heavy atom. The van der Waals surface area contributed by atoms with Crippen LogP contribution in [0.3, 0.4) is 0 Å². The first-order chi connectivity index (χ1) is 11.2. The van der Waals surface area contributed by atoms with E-state index in [0.717, 1.165) is 25.7 Å². The first-order valence-corrected chi connectivity index (χ1v) is 7.90. The van der Waals surface area contributed by atoms with Crippen LogP contribution in [0.25, 0.3) is 11.0 Å². The number of para-hydroxylation sites is 1. The Hall–Kier alpha value is -2.50. The van der Waals surface area contributed by atoms with E-state index in [1.807, 2.05) is 0 Å². The van der Waals surface area contributed by atoms with Crippen LogP contribution in [0.4, 0.5) is 0 Å². The molecule has 1 aliphatic rings. The number of fused-ring (bicyclic) bond motifs is 1. The Balaban J connectivity index is 1.59. The highest BCUT2D eigenvalue weighted by Crippen LogP contribution is 2.17. The lowest BCUT2D eigenvalue weighted by molar-refractivity contribution is -0.125. The van der Waals surface area contributed by atoms with Gasteiger partial charge >= 0.3 is 5.97 Å². The topological polar surface area (TPSA) is 81.2 Å². The number of amides is 1. The molecule has 1 amide bonds. The maximum Gasteiger partial charge on any atom is 0.340 e. The van der Waals surface area contributed by atoms with Gasteiger partial charge in [-0.1, -0.05) is 25.3 Å². The zero-order chi connectivity index (χ0) is 16.1. The van der Waals surface area contributed by atoms with Crippen LogP contribution in [0.5, 0.6) is 0 Å². The highest BCUT2D eigenvalue weighted by molar-refractivity contribution is 6.02. The van der Waals surface area contributed by atoms with Gasteiger partial charge in [0.25, 0.3) is 5.91 Å². The fourth-order valence-electron chi connectivity index (χ4n) is 2.88. The van der Waals surface area contributed by atoms with E-state index in [4.69, 9.17) is 4.74 Å². The predicted molar refractivity (Wildman–Crippen MR) is 84.8 cm³/mol. The second kappa shape index (κ2) is 7.17. The average molecular weight is 313 g/mol. The molecule has 2 aromatic rings. The number of nitrogens with zero attached hydrogens (tertiary/aromatic N) is 2. The summed E-state index contributed by atoms with van der Waals surface area (Å²) in [4.78, 5) is 32.4. The Labute approximate surface area is 134 Å². The van der Waals surface area contributed by atoms with Crippen molar-refractivity contribution in [3.05, 3.63) is 36.2 Å². The van der Waals surface area contributed by atoms with Crippen LogP contribution in [0.1, 0.15) is 42.5 Å². The highest BCUT2D eigenvalue weighted by atomic mass is 16.5. The van der Waals surface area contributed by atoms with E-state index in [0.29, 0.717) is 16.6 Å². The van der Waals surface area contributed by atoms with E-state index >= 15 is 0 Å². The van der Waals surface area contributed by atoms with Gasteiger partial charge in [0, 0.05) is 18.4 Å². The van der Waals surface area contributed by atoms with Gasteiger partial charge in [0.05, 0.1) is 11.1 Å². The molecule has 1 aromatic heterocycles. The molecule has 1 heterocycles. The number of esters is 1. The lowest BCUT2D eigenvalue weighted by Gasteiger charge is -2.22. The minimum Gasteiger partial charge on any atom is -0.452 e. The number of benzene rings is 1. The lowest BCUT2D eigenvalue weighted by Crippen LogP contribution is -2.38. The fourth-order valence-corrected chi connectivity index (χ4v) is 2.88. The molecular formula is C17H19N3O3. The monoisotopic (exact) mass is 313 g/mol. The van der Waals surface area contributed by atoms with E-state index < -0.39 is 5.97 Å². The number of hydrogen-bond donors (Lipinski definition) is 1. The first-order valence-electron chi connectivity index (χ1n) is 7.90. The largest absolute Gasteiger partial charge is 0.452 e. The van der Waals surface area contributed by atoms with Crippen molar-refractivity contribution < 1.29 is 14.3 Å². The van der Waals surface area contributed by atoms with Crippen LogP contribution in [0.15, 0.2) is 30.6 Å². The molecule has 0 spiro atoms. The van der Waals surface area contributed by atoms with Crippen LogP contribution in [-0.2, 0) is 9.53 Å². The maximum atomic E-state index is 12.2. The standard InChI is InChI=1S/C17H19N3O3/c21-15(20-12-5-2-1-3-6-12)11-23-17(22)13-7-4-8-14-16(13)19-10-9-18-14/h4,7-10,12H,1-3,5-6,11H2,(H,20,21).